The van der Waals surface area contributed by atoms with E-state index in [0.717, 1.165) is 17.1 Å². The van der Waals surface area contributed by atoms with Crippen LogP contribution in [0.25, 0.3) is 11.3 Å². The fraction of sp³-hybridized carbons (Fsp3) is 0.308. The minimum Gasteiger partial charge on any atom is -0.383 e. The van der Waals surface area contributed by atoms with E-state index in [-0.39, 0.29) is 0 Å². The minimum absolute atomic E-state index is 0.718. The highest BCUT2D eigenvalue weighted by atomic mass is 15.1. The van der Waals surface area contributed by atoms with E-state index in [0.29, 0.717) is 0 Å². The average molecular weight is 215 g/mol. The number of hydrogen-bond donors (Lipinski definition) is 1. The summed E-state index contributed by atoms with van der Waals surface area (Å²) in [4.78, 5) is 4.37. The molecule has 0 saturated carbocycles. The summed E-state index contributed by atoms with van der Waals surface area (Å²) >= 11 is 0. The van der Waals surface area contributed by atoms with Gasteiger partial charge in [0.1, 0.15) is 11.5 Å². The Morgan fingerprint density at radius 3 is 2.12 bits per heavy atom. The molecule has 2 N–H and O–H groups in total. The van der Waals surface area contributed by atoms with Crippen LogP contribution in [0.3, 0.4) is 0 Å². The first-order valence-corrected chi connectivity index (χ1v) is 5.35. The molecule has 0 bridgehead atoms. The van der Waals surface area contributed by atoms with Gasteiger partial charge in [-0.3, -0.25) is 0 Å². The van der Waals surface area contributed by atoms with Gasteiger partial charge in [-0.2, -0.15) is 0 Å². The molecular weight excluding hydrogens is 198 g/mol. The molecule has 1 aromatic heterocycles. The number of imidazole rings is 1. The summed E-state index contributed by atoms with van der Waals surface area (Å²) in [6, 6.07) is 4.33. The summed E-state index contributed by atoms with van der Waals surface area (Å²) in [7, 11) is 1.91. The molecule has 1 heterocycles. The zero-order valence-corrected chi connectivity index (χ0v) is 10.2. The van der Waals surface area contributed by atoms with Crippen molar-refractivity contribution in [3.8, 4) is 11.3 Å². The highest BCUT2D eigenvalue weighted by Crippen LogP contribution is 2.30. The molecule has 2 rings (SSSR count). The highest BCUT2D eigenvalue weighted by Gasteiger charge is 2.13. The zero-order chi connectivity index (χ0) is 11.9. The van der Waals surface area contributed by atoms with Crippen molar-refractivity contribution in [2.45, 2.75) is 20.8 Å². The Hall–Kier alpha value is -1.77. The lowest BCUT2D eigenvalue weighted by molar-refractivity contribution is 0.925. The van der Waals surface area contributed by atoms with Crippen molar-refractivity contribution >= 4 is 5.82 Å². The molecule has 0 saturated heterocycles. The second-order valence-corrected chi connectivity index (χ2v) is 4.36. The lowest BCUT2D eigenvalue weighted by Gasteiger charge is -2.10. The van der Waals surface area contributed by atoms with Crippen LogP contribution in [0.1, 0.15) is 16.7 Å². The van der Waals surface area contributed by atoms with E-state index in [2.05, 4.69) is 37.9 Å². The molecule has 0 aliphatic rings. The Bertz CT molecular complexity index is 515. The van der Waals surface area contributed by atoms with Gasteiger partial charge in [0.25, 0.3) is 0 Å². The molecule has 3 nitrogen and oxygen atoms in total. The fourth-order valence-corrected chi connectivity index (χ4v) is 2.19. The highest BCUT2D eigenvalue weighted by molar-refractivity contribution is 5.76. The molecule has 84 valence electrons. The standard InChI is InChI=1S/C13H17N3/c1-8-5-9(2)11(10(3)6-8)12-13(14)16(4)7-15-12/h5-7H,14H2,1-4H3. The smallest absolute Gasteiger partial charge is 0.131 e. The number of rotatable bonds is 1. The Balaban J connectivity index is 2.69. The normalized spacial score (nSPS) is 10.8. The Morgan fingerprint density at radius 2 is 1.69 bits per heavy atom. The SMILES string of the molecule is Cc1cc(C)c(-c2ncn(C)c2N)c(C)c1. The second-order valence-electron chi connectivity index (χ2n) is 4.36. The van der Waals surface area contributed by atoms with Gasteiger partial charge in [0.05, 0.1) is 6.33 Å². The van der Waals surface area contributed by atoms with E-state index in [1.54, 1.807) is 6.33 Å². The lowest BCUT2D eigenvalue weighted by atomic mass is 9.97. The van der Waals surface area contributed by atoms with E-state index >= 15 is 0 Å². The Labute approximate surface area is 95.9 Å². The Morgan fingerprint density at radius 1 is 1.12 bits per heavy atom. The molecule has 1 aromatic carbocycles. The molecule has 0 spiro atoms. The third-order valence-electron chi connectivity index (χ3n) is 2.90. The van der Waals surface area contributed by atoms with Gasteiger partial charge in [0, 0.05) is 12.6 Å². The van der Waals surface area contributed by atoms with Gasteiger partial charge < -0.3 is 10.3 Å². The van der Waals surface area contributed by atoms with Crippen molar-refractivity contribution in [3.63, 3.8) is 0 Å². The second kappa shape index (κ2) is 3.67. The number of nitrogens with two attached hydrogens (primary N) is 1. The minimum atomic E-state index is 0.718. The number of benzene rings is 1. The van der Waals surface area contributed by atoms with Crippen LogP contribution >= 0.6 is 0 Å². The van der Waals surface area contributed by atoms with Gasteiger partial charge >= 0.3 is 0 Å². The van der Waals surface area contributed by atoms with E-state index in [1.165, 1.54) is 16.7 Å². The summed E-state index contributed by atoms with van der Waals surface area (Å²) in [5, 5.41) is 0. The van der Waals surface area contributed by atoms with E-state index < -0.39 is 0 Å². The number of nitrogens with zero attached hydrogens (tertiary/aromatic N) is 2. The van der Waals surface area contributed by atoms with Crippen LogP contribution in [-0.4, -0.2) is 9.55 Å². The molecule has 0 fully saturated rings. The molecule has 0 aliphatic carbocycles. The van der Waals surface area contributed by atoms with Gasteiger partial charge in [-0.15, -0.1) is 0 Å². The predicted molar refractivity (Wildman–Crippen MR) is 67.3 cm³/mol. The van der Waals surface area contributed by atoms with Crippen molar-refractivity contribution in [2.24, 2.45) is 7.05 Å². The lowest BCUT2D eigenvalue weighted by Crippen LogP contribution is -1.98. The van der Waals surface area contributed by atoms with Crippen LogP contribution in [0.2, 0.25) is 0 Å². The summed E-state index contributed by atoms with van der Waals surface area (Å²) in [5.74, 6) is 0.718. The molecule has 0 amide bonds. The van der Waals surface area contributed by atoms with Gasteiger partial charge in [0.15, 0.2) is 0 Å². The van der Waals surface area contributed by atoms with Gasteiger partial charge in [-0.1, -0.05) is 17.7 Å². The van der Waals surface area contributed by atoms with E-state index in [4.69, 9.17) is 5.73 Å². The summed E-state index contributed by atoms with van der Waals surface area (Å²) < 4.78 is 1.84. The van der Waals surface area contributed by atoms with Crippen molar-refractivity contribution in [2.75, 3.05) is 5.73 Å². The van der Waals surface area contributed by atoms with Gasteiger partial charge in [-0.05, 0) is 31.9 Å². The van der Waals surface area contributed by atoms with E-state index in [1.807, 2.05) is 11.6 Å². The largest absolute Gasteiger partial charge is 0.383 e. The molecule has 3 heteroatoms. The van der Waals surface area contributed by atoms with Crippen LogP contribution < -0.4 is 5.73 Å². The maximum atomic E-state index is 6.01. The molecule has 0 radical (unpaired) electrons. The van der Waals surface area contributed by atoms with Crippen molar-refractivity contribution in [3.05, 3.63) is 35.2 Å². The molecule has 2 aromatic rings. The monoisotopic (exact) mass is 215 g/mol. The van der Waals surface area contributed by atoms with Gasteiger partial charge in [0.2, 0.25) is 0 Å². The van der Waals surface area contributed by atoms with Crippen LogP contribution in [-0.2, 0) is 7.05 Å². The maximum absolute atomic E-state index is 6.01. The Kier molecular flexibility index (Phi) is 2.46. The molecule has 0 atom stereocenters. The number of aryl methyl sites for hydroxylation is 4. The van der Waals surface area contributed by atoms with Crippen molar-refractivity contribution in [1.29, 1.82) is 0 Å². The molecular formula is C13H17N3. The average Bonchev–Trinajstić information content (AvgIpc) is 2.48. The van der Waals surface area contributed by atoms with Crippen LogP contribution in [0.4, 0.5) is 5.82 Å². The first-order chi connectivity index (χ1) is 7.50. The molecule has 0 unspecified atom stereocenters. The maximum Gasteiger partial charge on any atom is 0.131 e. The topological polar surface area (TPSA) is 43.8 Å². The number of aromatic nitrogens is 2. The third kappa shape index (κ3) is 1.58. The quantitative estimate of drug-likeness (QED) is 0.794. The number of anilines is 1. The van der Waals surface area contributed by atoms with Crippen molar-refractivity contribution < 1.29 is 0 Å². The molecule has 0 aliphatic heterocycles. The predicted octanol–water partition coefficient (Wildman–Crippen LogP) is 2.59. The summed E-state index contributed by atoms with van der Waals surface area (Å²) in [5.41, 5.74) is 11.8. The molecule has 16 heavy (non-hydrogen) atoms. The van der Waals surface area contributed by atoms with Crippen LogP contribution in [0.15, 0.2) is 18.5 Å². The first kappa shape index (κ1) is 10.7. The summed E-state index contributed by atoms with van der Waals surface area (Å²) in [6.07, 6.45) is 1.75. The first-order valence-electron chi connectivity index (χ1n) is 5.35. The van der Waals surface area contributed by atoms with Crippen molar-refractivity contribution in [1.82, 2.24) is 9.55 Å². The summed E-state index contributed by atoms with van der Waals surface area (Å²) in [6.45, 7) is 6.30. The van der Waals surface area contributed by atoms with Gasteiger partial charge in [-0.25, -0.2) is 4.98 Å². The zero-order valence-electron chi connectivity index (χ0n) is 10.2. The number of hydrogen-bond acceptors (Lipinski definition) is 2. The van der Waals surface area contributed by atoms with E-state index in [9.17, 15) is 0 Å². The van der Waals surface area contributed by atoms with Crippen LogP contribution in [0.5, 0.6) is 0 Å². The fourth-order valence-electron chi connectivity index (χ4n) is 2.19. The van der Waals surface area contributed by atoms with Crippen LogP contribution in [0, 0.1) is 20.8 Å². The number of nitrogen functional groups attached to an aromatic ring is 1. The third-order valence-corrected chi connectivity index (χ3v) is 2.90.